The highest BCUT2D eigenvalue weighted by molar-refractivity contribution is 5.20. The predicted octanol–water partition coefficient (Wildman–Crippen LogP) is 2.81. The molecule has 0 aromatic heterocycles. The molecule has 1 aliphatic carbocycles. The molecular weight excluding hydrogens is 148 g/mol. The first-order chi connectivity index (χ1) is 5.95. The second-order valence-electron chi connectivity index (χ2n) is 3.26. The molecule has 1 heteroatoms. The summed E-state index contributed by atoms with van der Waals surface area (Å²) in [7, 11) is 0. The van der Waals surface area contributed by atoms with Gasteiger partial charge >= 0.3 is 0 Å². The molecule has 1 saturated carbocycles. The quantitative estimate of drug-likeness (QED) is 0.648. The van der Waals surface area contributed by atoms with Crippen molar-refractivity contribution in [2.45, 2.75) is 31.8 Å². The third kappa shape index (κ3) is 1.79. The van der Waals surface area contributed by atoms with Crippen LogP contribution in [0.2, 0.25) is 0 Å². The van der Waals surface area contributed by atoms with Gasteiger partial charge in [-0.3, -0.25) is 0 Å². The third-order valence-electron chi connectivity index (χ3n) is 2.29. The second-order valence-corrected chi connectivity index (χ2v) is 3.26. The minimum atomic E-state index is 0.465. The number of ether oxygens (including phenoxy) is 1. The molecule has 2 rings (SSSR count). The minimum Gasteiger partial charge on any atom is -0.490 e. The van der Waals surface area contributed by atoms with Crippen LogP contribution in [0.15, 0.2) is 24.3 Å². The van der Waals surface area contributed by atoms with Gasteiger partial charge in [-0.25, -0.2) is 0 Å². The van der Waals surface area contributed by atoms with Crippen molar-refractivity contribution in [2.75, 3.05) is 0 Å². The van der Waals surface area contributed by atoms with Crippen molar-refractivity contribution >= 4 is 0 Å². The Morgan fingerprint density at radius 3 is 2.50 bits per heavy atom. The lowest BCUT2D eigenvalue weighted by Gasteiger charge is -2.11. The summed E-state index contributed by atoms with van der Waals surface area (Å²) >= 11 is 0. The molecule has 0 aliphatic heterocycles. The normalized spacial score (nSPS) is 18.0. The van der Waals surface area contributed by atoms with Crippen LogP contribution in [0.1, 0.15) is 25.7 Å². The monoisotopic (exact) mass is 161 g/mol. The Kier molecular flexibility index (Phi) is 2.31. The Labute approximate surface area is 73.4 Å². The fourth-order valence-corrected chi connectivity index (χ4v) is 1.65. The topological polar surface area (TPSA) is 9.23 Å². The third-order valence-corrected chi connectivity index (χ3v) is 2.29. The van der Waals surface area contributed by atoms with E-state index in [0.717, 1.165) is 5.75 Å². The van der Waals surface area contributed by atoms with Crippen LogP contribution < -0.4 is 4.74 Å². The van der Waals surface area contributed by atoms with E-state index in [9.17, 15) is 0 Å². The molecule has 0 heterocycles. The van der Waals surface area contributed by atoms with E-state index < -0.39 is 0 Å². The molecule has 0 saturated heterocycles. The summed E-state index contributed by atoms with van der Waals surface area (Å²) in [6.45, 7) is 0. The van der Waals surface area contributed by atoms with Crippen LogP contribution in [-0.2, 0) is 0 Å². The zero-order valence-electron chi connectivity index (χ0n) is 7.12. The fraction of sp³-hybridized carbons (Fsp3) is 0.455. The standard InChI is InChI=1S/C11H13O/c1-2-6-10(7-3-1)12-11-8-4-5-9-11/h2-3,6-7,11H,4-5,8-9H2. The zero-order valence-corrected chi connectivity index (χ0v) is 7.12. The van der Waals surface area contributed by atoms with Gasteiger partial charge in [-0.15, -0.1) is 0 Å². The average molecular weight is 161 g/mol. The van der Waals surface area contributed by atoms with Gasteiger partial charge in [-0.2, -0.15) is 0 Å². The number of hydrogen-bond acceptors (Lipinski definition) is 1. The van der Waals surface area contributed by atoms with E-state index in [4.69, 9.17) is 4.74 Å². The fourth-order valence-electron chi connectivity index (χ4n) is 1.65. The molecule has 0 atom stereocenters. The lowest BCUT2D eigenvalue weighted by atomic mass is 10.3. The van der Waals surface area contributed by atoms with Crippen LogP contribution in [0.4, 0.5) is 0 Å². The molecule has 1 aliphatic rings. The molecule has 1 nitrogen and oxygen atoms in total. The highest BCUT2D eigenvalue weighted by Crippen LogP contribution is 2.23. The van der Waals surface area contributed by atoms with Crippen LogP contribution in [0.25, 0.3) is 0 Å². The van der Waals surface area contributed by atoms with Gasteiger partial charge in [0.05, 0.1) is 6.10 Å². The molecular formula is C11H13O. The maximum atomic E-state index is 5.76. The molecule has 0 N–H and O–H groups in total. The smallest absolute Gasteiger partial charge is 0.119 e. The molecule has 1 aromatic carbocycles. The molecule has 0 bridgehead atoms. The zero-order chi connectivity index (χ0) is 8.23. The van der Waals surface area contributed by atoms with E-state index in [2.05, 4.69) is 6.07 Å². The molecule has 0 spiro atoms. The Hall–Kier alpha value is -0.980. The lowest BCUT2D eigenvalue weighted by molar-refractivity contribution is 0.210. The van der Waals surface area contributed by atoms with Gasteiger partial charge in [0.1, 0.15) is 5.75 Å². The van der Waals surface area contributed by atoms with E-state index in [1.54, 1.807) is 0 Å². The van der Waals surface area contributed by atoms with Crippen LogP contribution in [-0.4, -0.2) is 6.10 Å². The number of rotatable bonds is 2. The van der Waals surface area contributed by atoms with Crippen molar-refractivity contribution in [1.29, 1.82) is 0 Å². The Balaban J connectivity index is 1.94. The van der Waals surface area contributed by atoms with Gasteiger partial charge < -0.3 is 4.74 Å². The highest BCUT2D eigenvalue weighted by atomic mass is 16.5. The summed E-state index contributed by atoms with van der Waals surface area (Å²) in [6.07, 6.45) is 5.55. The van der Waals surface area contributed by atoms with E-state index in [1.165, 1.54) is 25.7 Å². The largest absolute Gasteiger partial charge is 0.490 e. The van der Waals surface area contributed by atoms with Crippen molar-refractivity contribution in [3.63, 3.8) is 0 Å². The minimum absolute atomic E-state index is 0.465. The Bertz CT molecular complexity index is 224. The first kappa shape index (κ1) is 7.66. The molecule has 0 amide bonds. The summed E-state index contributed by atoms with van der Waals surface area (Å²) in [6, 6.07) is 10.7. The van der Waals surface area contributed by atoms with Crippen molar-refractivity contribution in [3.8, 4) is 5.75 Å². The van der Waals surface area contributed by atoms with E-state index in [0.29, 0.717) is 6.10 Å². The van der Waals surface area contributed by atoms with Crippen molar-refractivity contribution in [3.05, 3.63) is 30.3 Å². The van der Waals surface area contributed by atoms with Crippen LogP contribution in [0.3, 0.4) is 0 Å². The molecule has 0 unspecified atom stereocenters. The van der Waals surface area contributed by atoms with Crippen molar-refractivity contribution in [1.82, 2.24) is 0 Å². The Morgan fingerprint density at radius 1 is 1.17 bits per heavy atom. The summed E-state index contributed by atoms with van der Waals surface area (Å²) < 4.78 is 5.76. The van der Waals surface area contributed by atoms with E-state index >= 15 is 0 Å². The lowest BCUT2D eigenvalue weighted by Crippen LogP contribution is -2.10. The maximum Gasteiger partial charge on any atom is 0.119 e. The van der Waals surface area contributed by atoms with Crippen LogP contribution >= 0.6 is 0 Å². The van der Waals surface area contributed by atoms with Gasteiger partial charge in [-0.05, 0) is 43.9 Å². The van der Waals surface area contributed by atoms with Crippen molar-refractivity contribution < 1.29 is 4.74 Å². The van der Waals surface area contributed by atoms with Crippen LogP contribution in [0, 0.1) is 6.07 Å². The molecule has 1 aromatic rings. The molecule has 1 fully saturated rings. The highest BCUT2D eigenvalue weighted by Gasteiger charge is 2.15. The summed E-state index contributed by atoms with van der Waals surface area (Å²) in [5.41, 5.74) is 0. The molecule has 63 valence electrons. The van der Waals surface area contributed by atoms with Gasteiger partial charge in [0, 0.05) is 0 Å². The van der Waals surface area contributed by atoms with E-state index in [1.807, 2.05) is 24.3 Å². The van der Waals surface area contributed by atoms with E-state index in [-0.39, 0.29) is 0 Å². The Morgan fingerprint density at radius 2 is 1.83 bits per heavy atom. The summed E-state index contributed by atoms with van der Waals surface area (Å²) in [4.78, 5) is 0. The van der Waals surface area contributed by atoms with Gasteiger partial charge in [0.15, 0.2) is 0 Å². The SMILES string of the molecule is [c]1ccc(OC2CCCC2)cc1. The predicted molar refractivity (Wildman–Crippen MR) is 48.2 cm³/mol. The van der Waals surface area contributed by atoms with Gasteiger partial charge in [-0.1, -0.05) is 12.1 Å². The summed E-state index contributed by atoms with van der Waals surface area (Å²) in [5.74, 6) is 0.987. The maximum absolute atomic E-state index is 5.76. The van der Waals surface area contributed by atoms with Crippen LogP contribution in [0.5, 0.6) is 5.75 Å². The summed E-state index contributed by atoms with van der Waals surface area (Å²) in [5, 5.41) is 0. The van der Waals surface area contributed by atoms with Gasteiger partial charge in [0.2, 0.25) is 0 Å². The second kappa shape index (κ2) is 3.61. The first-order valence-electron chi connectivity index (χ1n) is 4.58. The van der Waals surface area contributed by atoms with Crippen molar-refractivity contribution in [2.24, 2.45) is 0 Å². The van der Waals surface area contributed by atoms with Gasteiger partial charge in [0.25, 0.3) is 0 Å². The number of hydrogen-bond donors (Lipinski definition) is 0. The average Bonchev–Trinajstić information content (AvgIpc) is 2.59. The molecule has 1 radical (unpaired) electrons. The number of benzene rings is 1. The molecule has 12 heavy (non-hydrogen) atoms. The first-order valence-corrected chi connectivity index (χ1v) is 4.58.